The van der Waals surface area contributed by atoms with E-state index < -0.39 is 22.4 Å². The summed E-state index contributed by atoms with van der Waals surface area (Å²) in [5.74, 6) is -2.05. The first-order valence-corrected chi connectivity index (χ1v) is 11.0. The van der Waals surface area contributed by atoms with Crippen molar-refractivity contribution in [1.29, 1.82) is 0 Å². The van der Waals surface area contributed by atoms with Crippen molar-refractivity contribution in [2.45, 2.75) is 19.4 Å². The average Bonchev–Trinajstić information content (AvgIpc) is 3.24. The number of rotatable bonds is 7. The number of halogens is 1. The minimum absolute atomic E-state index is 0.0326. The van der Waals surface area contributed by atoms with E-state index in [4.69, 9.17) is 9.84 Å². The number of nitro groups is 1. The predicted octanol–water partition coefficient (Wildman–Crippen LogP) is 4.94. The van der Waals surface area contributed by atoms with Gasteiger partial charge in [0, 0.05) is 53.7 Å². The molecule has 0 saturated carbocycles. The number of nitrogens with zero attached hydrogens (tertiary/aromatic N) is 4. The van der Waals surface area contributed by atoms with E-state index in [-0.39, 0.29) is 17.4 Å². The number of hydrogen-bond acceptors (Lipinski definition) is 7. The van der Waals surface area contributed by atoms with Crippen LogP contribution in [0, 0.1) is 15.9 Å². The molecule has 0 fully saturated rings. The molecule has 0 atom stereocenters. The van der Waals surface area contributed by atoms with Crippen LogP contribution in [0.3, 0.4) is 0 Å². The van der Waals surface area contributed by atoms with E-state index in [1.165, 1.54) is 24.9 Å². The summed E-state index contributed by atoms with van der Waals surface area (Å²) in [5.41, 5.74) is 3.45. The van der Waals surface area contributed by atoms with E-state index in [0.717, 1.165) is 54.1 Å². The van der Waals surface area contributed by atoms with E-state index in [1.807, 2.05) is 18.3 Å². The van der Waals surface area contributed by atoms with E-state index in [1.54, 1.807) is 0 Å². The van der Waals surface area contributed by atoms with Gasteiger partial charge in [0.2, 0.25) is 11.8 Å². The van der Waals surface area contributed by atoms with Gasteiger partial charge in [-0.3, -0.25) is 10.1 Å². The lowest BCUT2D eigenvalue weighted by Crippen LogP contribution is -2.05. The number of nitrogens with one attached hydrogen (secondary N) is 1. The number of nitro benzene ring substituents is 1. The van der Waals surface area contributed by atoms with Gasteiger partial charge in [-0.15, -0.1) is 0 Å². The fourth-order valence-corrected chi connectivity index (χ4v) is 4.47. The number of anilines is 2. The molecule has 0 amide bonds. The Morgan fingerprint density at radius 2 is 2.19 bits per heavy atom. The minimum Gasteiger partial charge on any atom is -0.494 e. The van der Waals surface area contributed by atoms with Crippen molar-refractivity contribution >= 4 is 40.3 Å². The summed E-state index contributed by atoms with van der Waals surface area (Å²) in [5, 5.41) is 24.2. The third-order valence-corrected chi connectivity index (χ3v) is 6.02. The van der Waals surface area contributed by atoms with Crippen molar-refractivity contribution in [3.63, 3.8) is 0 Å². The van der Waals surface area contributed by atoms with Crippen LogP contribution in [0.15, 0.2) is 48.8 Å². The van der Waals surface area contributed by atoms with Crippen molar-refractivity contribution in [2.75, 3.05) is 12.4 Å². The highest BCUT2D eigenvalue weighted by atomic mass is 19.1. The number of methoxy groups -OCH3 is 1. The molecule has 1 aliphatic heterocycles. The van der Waals surface area contributed by atoms with Gasteiger partial charge in [-0.1, -0.05) is 18.2 Å². The van der Waals surface area contributed by atoms with E-state index in [9.17, 15) is 19.3 Å². The number of aliphatic carboxylic acids is 1. The Morgan fingerprint density at radius 3 is 2.94 bits per heavy atom. The average molecular weight is 489 g/mol. The molecular weight excluding hydrogens is 469 g/mol. The molecule has 0 bridgehead atoms. The molecule has 36 heavy (non-hydrogen) atoms. The van der Waals surface area contributed by atoms with Crippen LogP contribution in [0.25, 0.3) is 28.2 Å². The first-order valence-electron chi connectivity index (χ1n) is 11.0. The van der Waals surface area contributed by atoms with Gasteiger partial charge >= 0.3 is 11.7 Å². The summed E-state index contributed by atoms with van der Waals surface area (Å²) in [7, 11) is 1.31. The van der Waals surface area contributed by atoms with Crippen LogP contribution in [0.5, 0.6) is 5.75 Å². The fourth-order valence-electron chi connectivity index (χ4n) is 4.47. The second-order valence-electron chi connectivity index (χ2n) is 8.21. The van der Waals surface area contributed by atoms with Crippen LogP contribution >= 0.6 is 0 Å². The standard InChI is InChI=1S/C25H20FN5O5/c1-36-21-10-18(26)20(31(34)35)11-19(21)28-25-27-12-15(7-8-22(32)33)23(29-25)17-13-30-9-3-5-14-4-2-6-16(17)24(14)30/h2,4,6-8,10-13H,3,5,9H2,1H3,(H,32,33)(H,27,28,29)/b8-7+. The summed E-state index contributed by atoms with van der Waals surface area (Å²) >= 11 is 0. The predicted molar refractivity (Wildman–Crippen MR) is 131 cm³/mol. The number of aromatic nitrogens is 3. The van der Waals surface area contributed by atoms with Gasteiger partial charge in [-0.05, 0) is 24.5 Å². The normalized spacial score (nSPS) is 12.7. The van der Waals surface area contributed by atoms with E-state index in [2.05, 4.69) is 25.9 Å². The third-order valence-electron chi connectivity index (χ3n) is 6.02. The quantitative estimate of drug-likeness (QED) is 0.212. The molecule has 2 aromatic heterocycles. The van der Waals surface area contributed by atoms with Crippen LogP contribution < -0.4 is 10.1 Å². The lowest BCUT2D eigenvalue weighted by Gasteiger charge is -2.14. The van der Waals surface area contributed by atoms with E-state index in [0.29, 0.717) is 11.3 Å². The number of carbonyl (C=O) groups is 1. The lowest BCUT2D eigenvalue weighted by atomic mass is 10.0. The summed E-state index contributed by atoms with van der Waals surface area (Å²) in [6.07, 6.45) is 7.84. The maximum atomic E-state index is 14.1. The van der Waals surface area contributed by atoms with Crippen LogP contribution in [0.2, 0.25) is 0 Å². The smallest absolute Gasteiger partial charge is 0.328 e. The van der Waals surface area contributed by atoms with Gasteiger partial charge in [0.15, 0.2) is 0 Å². The molecule has 0 spiro atoms. The molecule has 2 aromatic carbocycles. The highest BCUT2D eigenvalue weighted by Crippen LogP contribution is 2.37. The molecule has 3 heterocycles. The number of carboxylic acid groups (broad SMARTS) is 1. The van der Waals surface area contributed by atoms with Crippen LogP contribution in [-0.2, 0) is 17.8 Å². The Morgan fingerprint density at radius 1 is 1.36 bits per heavy atom. The highest BCUT2D eigenvalue weighted by molar-refractivity contribution is 5.99. The van der Waals surface area contributed by atoms with Crippen molar-refractivity contribution in [3.8, 4) is 17.0 Å². The molecule has 0 unspecified atom stereocenters. The van der Waals surface area contributed by atoms with Crippen molar-refractivity contribution in [2.24, 2.45) is 0 Å². The summed E-state index contributed by atoms with van der Waals surface area (Å²) in [6.45, 7) is 0.848. The highest BCUT2D eigenvalue weighted by Gasteiger charge is 2.22. The molecule has 1 aliphatic rings. The molecule has 4 aromatic rings. The van der Waals surface area contributed by atoms with Crippen molar-refractivity contribution < 1.29 is 24.0 Å². The molecule has 0 aliphatic carbocycles. The number of aryl methyl sites for hydroxylation is 2. The molecule has 10 nitrogen and oxygen atoms in total. The Balaban J connectivity index is 1.66. The third kappa shape index (κ3) is 4.11. The Bertz CT molecular complexity index is 1560. The van der Waals surface area contributed by atoms with Gasteiger partial charge in [0.1, 0.15) is 5.75 Å². The topological polar surface area (TPSA) is 132 Å². The lowest BCUT2D eigenvalue weighted by molar-refractivity contribution is -0.387. The second-order valence-corrected chi connectivity index (χ2v) is 8.21. The fraction of sp³-hybridized carbons (Fsp3) is 0.160. The zero-order valence-corrected chi connectivity index (χ0v) is 19.1. The number of para-hydroxylation sites is 1. The minimum atomic E-state index is -1.12. The first kappa shape index (κ1) is 23.0. The van der Waals surface area contributed by atoms with Crippen molar-refractivity contribution in [1.82, 2.24) is 14.5 Å². The number of hydrogen-bond donors (Lipinski definition) is 2. The molecule has 0 radical (unpaired) electrons. The molecule has 2 N–H and O–H groups in total. The molecule has 5 rings (SSSR count). The number of carboxylic acids is 1. The Hall–Kier alpha value is -4.80. The Kier molecular flexibility index (Phi) is 5.80. The summed E-state index contributed by atoms with van der Waals surface area (Å²) in [6, 6.07) is 7.98. The van der Waals surface area contributed by atoms with Gasteiger partial charge in [0.05, 0.1) is 28.9 Å². The second kappa shape index (κ2) is 9.10. The molecular formula is C25H20FN5O5. The summed E-state index contributed by atoms with van der Waals surface area (Å²) in [4.78, 5) is 30.5. The zero-order valence-electron chi connectivity index (χ0n) is 19.1. The van der Waals surface area contributed by atoms with Gasteiger partial charge < -0.3 is 19.7 Å². The van der Waals surface area contributed by atoms with Crippen LogP contribution in [0.4, 0.5) is 21.7 Å². The number of ether oxygens (including phenoxy) is 1. The zero-order chi connectivity index (χ0) is 25.4. The van der Waals surface area contributed by atoms with Gasteiger partial charge in [-0.2, -0.15) is 4.39 Å². The van der Waals surface area contributed by atoms with Gasteiger partial charge in [0.25, 0.3) is 0 Å². The van der Waals surface area contributed by atoms with Crippen LogP contribution in [0.1, 0.15) is 17.5 Å². The Labute approximate surface area is 203 Å². The first-order chi connectivity index (χ1) is 17.4. The largest absolute Gasteiger partial charge is 0.494 e. The van der Waals surface area contributed by atoms with Crippen LogP contribution in [-0.4, -0.2) is 37.6 Å². The monoisotopic (exact) mass is 489 g/mol. The number of benzene rings is 2. The molecule has 11 heteroatoms. The van der Waals surface area contributed by atoms with E-state index >= 15 is 0 Å². The SMILES string of the molecule is COc1cc(F)c([N+](=O)[O-])cc1Nc1ncc(/C=C/C(=O)O)c(-c2cn3c4c(cccc24)CCC3)n1. The molecule has 182 valence electrons. The summed E-state index contributed by atoms with van der Waals surface area (Å²) < 4.78 is 21.4. The van der Waals surface area contributed by atoms with Crippen molar-refractivity contribution in [3.05, 3.63) is 75.9 Å². The maximum Gasteiger partial charge on any atom is 0.328 e. The maximum absolute atomic E-state index is 14.1. The molecule has 0 saturated heterocycles. The van der Waals surface area contributed by atoms with Gasteiger partial charge in [-0.25, -0.2) is 14.8 Å².